The zero-order chi connectivity index (χ0) is 15.5. The lowest BCUT2D eigenvalue weighted by Gasteiger charge is -2.12. The van der Waals surface area contributed by atoms with Crippen molar-refractivity contribution in [2.45, 2.75) is 12.5 Å². The number of carbonyl (C=O) groups excluding carboxylic acids is 1. The number of aromatic amines is 1. The van der Waals surface area contributed by atoms with Crippen LogP contribution < -0.4 is 11.1 Å². The van der Waals surface area contributed by atoms with E-state index in [0.29, 0.717) is 17.1 Å². The summed E-state index contributed by atoms with van der Waals surface area (Å²) in [4.78, 5) is 15.4. The second kappa shape index (κ2) is 6.22. The fourth-order valence-corrected chi connectivity index (χ4v) is 2.60. The molecule has 0 aliphatic rings. The van der Waals surface area contributed by atoms with E-state index in [1.165, 1.54) is 0 Å². The number of aromatic nitrogens is 1. The average Bonchev–Trinajstić information content (AvgIpc) is 2.93. The number of rotatable bonds is 4. The van der Waals surface area contributed by atoms with Gasteiger partial charge in [-0.15, -0.1) is 0 Å². The minimum absolute atomic E-state index is 0.251. The van der Waals surface area contributed by atoms with Crippen molar-refractivity contribution in [3.8, 4) is 0 Å². The third-order valence-corrected chi connectivity index (χ3v) is 3.91. The lowest BCUT2D eigenvalue weighted by atomic mass is 10.0. The van der Waals surface area contributed by atoms with Crippen molar-refractivity contribution in [1.29, 1.82) is 0 Å². The lowest BCUT2D eigenvalue weighted by Crippen LogP contribution is -2.37. The first-order chi connectivity index (χ1) is 10.6. The largest absolute Gasteiger partial charge is 0.361 e. The number of carbonyl (C=O) groups is 1. The maximum Gasteiger partial charge on any atom is 0.241 e. The molecular formula is C17H16ClN3O. The number of hydrogen-bond donors (Lipinski definition) is 3. The summed E-state index contributed by atoms with van der Waals surface area (Å²) >= 11 is 6.03. The molecule has 112 valence electrons. The summed E-state index contributed by atoms with van der Waals surface area (Å²) in [5.41, 5.74) is 8.66. The zero-order valence-corrected chi connectivity index (χ0v) is 12.6. The number of fused-ring (bicyclic) bond motifs is 1. The zero-order valence-electron chi connectivity index (χ0n) is 11.8. The molecule has 1 unspecified atom stereocenters. The quantitative estimate of drug-likeness (QED) is 0.691. The Kier molecular flexibility index (Phi) is 4.13. The maximum atomic E-state index is 12.2. The highest BCUT2D eigenvalue weighted by Crippen LogP contribution is 2.22. The van der Waals surface area contributed by atoms with Gasteiger partial charge in [-0.2, -0.15) is 0 Å². The van der Waals surface area contributed by atoms with Crippen LogP contribution in [0.4, 0.5) is 5.69 Å². The van der Waals surface area contributed by atoms with E-state index in [0.717, 1.165) is 16.5 Å². The van der Waals surface area contributed by atoms with Crippen LogP contribution in [-0.2, 0) is 11.2 Å². The summed E-state index contributed by atoms with van der Waals surface area (Å²) in [6.45, 7) is 0. The van der Waals surface area contributed by atoms with Crippen molar-refractivity contribution in [2.24, 2.45) is 5.73 Å². The molecule has 0 fully saturated rings. The van der Waals surface area contributed by atoms with E-state index < -0.39 is 6.04 Å². The lowest BCUT2D eigenvalue weighted by molar-refractivity contribution is -0.117. The number of nitrogens with two attached hydrogens (primary N) is 1. The van der Waals surface area contributed by atoms with Gasteiger partial charge in [0, 0.05) is 17.1 Å². The molecule has 2 aromatic carbocycles. The highest BCUT2D eigenvalue weighted by Gasteiger charge is 2.17. The van der Waals surface area contributed by atoms with Gasteiger partial charge in [-0.3, -0.25) is 4.79 Å². The van der Waals surface area contributed by atoms with Crippen molar-refractivity contribution in [3.05, 3.63) is 65.3 Å². The second-order valence-electron chi connectivity index (χ2n) is 5.14. The molecule has 1 atom stereocenters. The van der Waals surface area contributed by atoms with Crippen LogP contribution in [0.5, 0.6) is 0 Å². The minimum atomic E-state index is -0.643. The highest BCUT2D eigenvalue weighted by molar-refractivity contribution is 6.33. The van der Waals surface area contributed by atoms with E-state index in [2.05, 4.69) is 10.3 Å². The van der Waals surface area contributed by atoms with Gasteiger partial charge in [0.1, 0.15) is 0 Å². The van der Waals surface area contributed by atoms with Crippen LogP contribution >= 0.6 is 11.6 Å². The number of para-hydroxylation sites is 2. The molecule has 5 heteroatoms. The Hall–Kier alpha value is -2.30. The molecule has 1 heterocycles. The molecule has 1 aromatic heterocycles. The first-order valence-corrected chi connectivity index (χ1v) is 7.39. The first kappa shape index (κ1) is 14.6. The molecule has 0 saturated carbocycles. The van der Waals surface area contributed by atoms with Crippen LogP contribution in [0.25, 0.3) is 10.9 Å². The van der Waals surface area contributed by atoms with Crippen molar-refractivity contribution in [2.75, 3.05) is 5.32 Å². The Balaban J connectivity index is 1.73. The number of H-pyrrole nitrogens is 1. The highest BCUT2D eigenvalue weighted by atomic mass is 35.5. The molecular weight excluding hydrogens is 298 g/mol. The SMILES string of the molecule is NC(Cc1c[nH]c2ccccc12)C(=O)Nc1ccccc1Cl. The van der Waals surface area contributed by atoms with Gasteiger partial charge in [0.05, 0.1) is 16.8 Å². The van der Waals surface area contributed by atoms with E-state index in [1.807, 2.05) is 42.6 Å². The normalized spacial score (nSPS) is 12.3. The fourth-order valence-electron chi connectivity index (χ4n) is 2.42. The van der Waals surface area contributed by atoms with Gasteiger partial charge >= 0.3 is 0 Å². The van der Waals surface area contributed by atoms with E-state index in [-0.39, 0.29) is 5.91 Å². The van der Waals surface area contributed by atoms with E-state index >= 15 is 0 Å². The van der Waals surface area contributed by atoms with Crippen LogP contribution in [0.2, 0.25) is 5.02 Å². The van der Waals surface area contributed by atoms with Gasteiger partial charge in [0.2, 0.25) is 5.91 Å². The van der Waals surface area contributed by atoms with Gasteiger partial charge in [-0.05, 0) is 30.2 Å². The monoisotopic (exact) mass is 313 g/mol. The van der Waals surface area contributed by atoms with Gasteiger partial charge in [0.25, 0.3) is 0 Å². The van der Waals surface area contributed by atoms with E-state index in [9.17, 15) is 4.79 Å². The predicted octanol–water partition coefficient (Wildman–Crippen LogP) is 3.33. The van der Waals surface area contributed by atoms with Gasteiger partial charge < -0.3 is 16.0 Å². The van der Waals surface area contributed by atoms with E-state index in [4.69, 9.17) is 17.3 Å². The topological polar surface area (TPSA) is 70.9 Å². The molecule has 1 amide bonds. The van der Waals surface area contributed by atoms with Gasteiger partial charge in [0.15, 0.2) is 0 Å². The Morgan fingerprint density at radius 3 is 2.73 bits per heavy atom. The molecule has 0 spiro atoms. The number of halogens is 1. The van der Waals surface area contributed by atoms with Crippen molar-refractivity contribution in [3.63, 3.8) is 0 Å². The molecule has 4 nitrogen and oxygen atoms in total. The third-order valence-electron chi connectivity index (χ3n) is 3.58. The summed E-state index contributed by atoms with van der Waals surface area (Å²) in [5.74, 6) is -0.251. The van der Waals surface area contributed by atoms with Crippen LogP contribution in [0, 0.1) is 0 Å². The summed E-state index contributed by atoms with van der Waals surface area (Å²) in [7, 11) is 0. The second-order valence-corrected chi connectivity index (χ2v) is 5.55. The summed E-state index contributed by atoms with van der Waals surface area (Å²) in [6, 6.07) is 14.4. The van der Waals surface area contributed by atoms with Crippen LogP contribution in [0.15, 0.2) is 54.7 Å². The molecule has 0 radical (unpaired) electrons. The van der Waals surface area contributed by atoms with Crippen LogP contribution in [0.1, 0.15) is 5.56 Å². The number of anilines is 1. The Bertz CT molecular complexity index is 812. The molecule has 0 bridgehead atoms. The van der Waals surface area contributed by atoms with Crippen molar-refractivity contribution >= 4 is 34.1 Å². The number of nitrogens with one attached hydrogen (secondary N) is 2. The smallest absolute Gasteiger partial charge is 0.241 e. The predicted molar refractivity (Wildman–Crippen MR) is 90.1 cm³/mol. The standard InChI is InChI=1S/C17H16ClN3O/c18-13-6-2-4-8-16(13)21-17(22)14(19)9-11-10-20-15-7-3-1-5-12(11)15/h1-8,10,14,20H,9,19H2,(H,21,22). The van der Waals surface area contributed by atoms with Crippen LogP contribution in [0.3, 0.4) is 0 Å². The third kappa shape index (κ3) is 2.98. The Morgan fingerprint density at radius 1 is 1.18 bits per heavy atom. The fraction of sp³-hybridized carbons (Fsp3) is 0.118. The van der Waals surface area contributed by atoms with E-state index in [1.54, 1.807) is 12.1 Å². The Labute approximate surface area is 133 Å². The van der Waals surface area contributed by atoms with Gasteiger partial charge in [-0.1, -0.05) is 41.9 Å². The molecule has 0 aliphatic carbocycles. The first-order valence-electron chi connectivity index (χ1n) is 7.01. The molecule has 0 saturated heterocycles. The average molecular weight is 314 g/mol. The van der Waals surface area contributed by atoms with Gasteiger partial charge in [-0.25, -0.2) is 0 Å². The van der Waals surface area contributed by atoms with Crippen molar-refractivity contribution in [1.82, 2.24) is 4.98 Å². The number of hydrogen-bond acceptors (Lipinski definition) is 2. The molecule has 4 N–H and O–H groups in total. The molecule has 0 aliphatic heterocycles. The molecule has 22 heavy (non-hydrogen) atoms. The minimum Gasteiger partial charge on any atom is -0.361 e. The summed E-state index contributed by atoms with van der Waals surface area (Å²) in [6.07, 6.45) is 2.35. The number of amides is 1. The molecule has 3 rings (SSSR count). The Morgan fingerprint density at radius 2 is 1.91 bits per heavy atom. The summed E-state index contributed by atoms with van der Waals surface area (Å²) < 4.78 is 0. The summed E-state index contributed by atoms with van der Waals surface area (Å²) in [5, 5.41) is 4.35. The number of benzene rings is 2. The maximum absolute atomic E-state index is 12.2. The molecule has 3 aromatic rings. The van der Waals surface area contributed by atoms with Crippen LogP contribution in [-0.4, -0.2) is 16.9 Å². The van der Waals surface area contributed by atoms with Crippen molar-refractivity contribution < 1.29 is 4.79 Å².